The number of aliphatic carboxylic acids is 1. The van der Waals surface area contributed by atoms with Crippen molar-refractivity contribution in [2.75, 3.05) is 26.2 Å². The first-order chi connectivity index (χ1) is 15.7. The Kier molecular flexibility index (Phi) is 6.59. The van der Waals surface area contributed by atoms with Crippen molar-refractivity contribution >= 4 is 21.9 Å². The highest BCUT2D eigenvalue weighted by Gasteiger charge is 2.44. The highest BCUT2D eigenvalue weighted by atomic mass is 32.2. The molecule has 0 unspecified atom stereocenters. The predicted octanol–water partition coefficient (Wildman–Crippen LogP) is 3.37. The number of carboxylic acid groups (broad SMARTS) is 1. The van der Waals surface area contributed by atoms with Gasteiger partial charge in [-0.15, -0.1) is 0 Å². The number of piperidine rings is 2. The molecule has 0 atom stereocenters. The lowest BCUT2D eigenvalue weighted by molar-refractivity contribution is -0.145. The molecule has 0 spiro atoms. The minimum atomic E-state index is -3.57. The molecule has 0 aromatic heterocycles. The van der Waals surface area contributed by atoms with E-state index in [9.17, 15) is 23.1 Å². The highest BCUT2D eigenvalue weighted by Crippen LogP contribution is 2.36. The van der Waals surface area contributed by atoms with Crippen molar-refractivity contribution in [2.24, 2.45) is 5.92 Å². The molecule has 0 radical (unpaired) electrons. The van der Waals surface area contributed by atoms with Gasteiger partial charge in [0.15, 0.2) is 0 Å². The Labute approximate surface area is 195 Å². The molecule has 7 nitrogen and oxygen atoms in total. The second-order valence-corrected chi connectivity index (χ2v) is 11.1. The summed E-state index contributed by atoms with van der Waals surface area (Å²) in [6.07, 6.45) is 2.37. The summed E-state index contributed by atoms with van der Waals surface area (Å²) in [6, 6.07) is 15.3. The topological polar surface area (TPSA) is 95.0 Å². The Morgan fingerprint density at radius 2 is 1.48 bits per heavy atom. The van der Waals surface area contributed by atoms with Gasteiger partial charge in [-0.05, 0) is 61.4 Å². The molecule has 2 saturated heterocycles. The van der Waals surface area contributed by atoms with Gasteiger partial charge in [-0.25, -0.2) is 8.42 Å². The summed E-state index contributed by atoms with van der Waals surface area (Å²) in [6.45, 7) is 3.82. The zero-order valence-corrected chi connectivity index (χ0v) is 19.6. The molecule has 8 heteroatoms. The molecule has 1 N–H and O–H groups in total. The van der Waals surface area contributed by atoms with Gasteiger partial charge in [-0.3, -0.25) is 9.59 Å². The van der Waals surface area contributed by atoms with Crippen molar-refractivity contribution < 1.29 is 23.1 Å². The second-order valence-electron chi connectivity index (χ2n) is 9.16. The van der Waals surface area contributed by atoms with Gasteiger partial charge in [0.2, 0.25) is 10.0 Å². The highest BCUT2D eigenvalue weighted by molar-refractivity contribution is 7.89. The van der Waals surface area contributed by atoms with Crippen molar-refractivity contribution in [1.82, 2.24) is 9.21 Å². The number of hydrogen-bond donors (Lipinski definition) is 1. The normalized spacial score (nSPS) is 19.8. The van der Waals surface area contributed by atoms with Gasteiger partial charge in [0.1, 0.15) is 0 Å². The molecule has 2 aromatic carbocycles. The third-order valence-electron chi connectivity index (χ3n) is 7.12. The van der Waals surface area contributed by atoms with E-state index in [1.165, 1.54) is 16.4 Å². The molecular formula is C25H30N2O5S. The standard InChI is InChI=1S/C25H30N2O5S/c1-19-11-15-27(16-12-19)33(31,32)22-9-7-20(8-10-22)23(28)26-17-13-25(14-18-26,24(29)30)21-5-3-2-4-6-21/h2-10,19H,11-18H2,1H3,(H,29,30). The molecule has 2 aliphatic heterocycles. The first kappa shape index (κ1) is 23.4. The summed E-state index contributed by atoms with van der Waals surface area (Å²) in [5.41, 5.74) is 0.164. The second kappa shape index (κ2) is 9.27. The number of amides is 1. The molecule has 1 amide bonds. The fourth-order valence-corrected chi connectivity index (χ4v) is 6.27. The van der Waals surface area contributed by atoms with Crippen molar-refractivity contribution in [3.05, 3.63) is 65.7 Å². The van der Waals surface area contributed by atoms with E-state index >= 15 is 0 Å². The number of carboxylic acids is 1. The maximum Gasteiger partial charge on any atom is 0.314 e. The fraction of sp³-hybridized carbons (Fsp3) is 0.440. The molecule has 2 aromatic rings. The first-order valence-electron chi connectivity index (χ1n) is 11.4. The van der Waals surface area contributed by atoms with E-state index in [-0.39, 0.29) is 10.8 Å². The van der Waals surface area contributed by atoms with Crippen LogP contribution in [-0.2, 0) is 20.2 Å². The Hall–Kier alpha value is -2.71. The van der Waals surface area contributed by atoms with Gasteiger partial charge in [-0.2, -0.15) is 4.31 Å². The third kappa shape index (κ3) is 4.54. The van der Waals surface area contributed by atoms with Gasteiger partial charge >= 0.3 is 5.97 Å². The predicted molar refractivity (Wildman–Crippen MR) is 124 cm³/mol. The number of benzene rings is 2. The summed E-state index contributed by atoms with van der Waals surface area (Å²) < 4.78 is 27.4. The van der Waals surface area contributed by atoms with Crippen molar-refractivity contribution in [3.63, 3.8) is 0 Å². The molecule has 4 rings (SSSR count). The average molecular weight is 471 g/mol. The van der Waals surface area contributed by atoms with Gasteiger partial charge in [0.25, 0.3) is 5.91 Å². The number of nitrogens with zero attached hydrogens (tertiary/aromatic N) is 2. The van der Waals surface area contributed by atoms with Crippen LogP contribution in [-0.4, -0.2) is 60.8 Å². The van der Waals surface area contributed by atoms with E-state index in [0.29, 0.717) is 50.5 Å². The lowest BCUT2D eigenvalue weighted by Crippen LogP contribution is -2.49. The molecule has 0 saturated carbocycles. The van der Waals surface area contributed by atoms with Crippen LogP contribution in [0.4, 0.5) is 0 Å². The molecular weight excluding hydrogens is 440 g/mol. The van der Waals surface area contributed by atoms with Crippen LogP contribution in [0.15, 0.2) is 59.5 Å². The molecule has 0 bridgehead atoms. The molecule has 2 heterocycles. The molecule has 33 heavy (non-hydrogen) atoms. The van der Waals surface area contributed by atoms with Crippen LogP contribution in [0.3, 0.4) is 0 Å². The van der Waals surface area contributed by atoms with Crippen molar-refractivity contribution in [3.8, 4) is 0 Å². The van der Waals surface area contributed by atoms with E-state index in [1.807, 2.05) is 30.3 Å². The maximum atomic E-state index is 13.0. The van der Waals surface area contributed by atoms with Gasteiger partial charge in [-0.1, -0.05) is 37.3 Å². The largest absolute Gasteiger partial charge is 0.481 e. The van der Waals surface area contributed by atoms with E-state index in [2.05, 4.69) is 6.92 Å². The van der Waals surface area contributed by atoms with Crippen LogP contribution in [0.25, 0.3) is 0 Å². The average Bonchev–Trinajstić information content (AvgIpc) is 2.84. The Morgan fingerprint density at radius 3 is 2.03 bits per heavy atom. The third-order valence-corrected chi connectivity index (χ3v) is 9.03. The fourth-order valence-electron chi connectivity index (χ4n) is 4.80. The molecule has 2 fully saturated rings. The Morgan fingerprint density at radius 1 is 0.909 bits per heavy atom. The Balaban J connectivity index is 1.45. The van der Waals surface area contributed by atoms with Crippen LogP contribution in [0.2, 0.25) is 0 Å². The van der Waals surface area contributed by atoms with E-state index in [1.54, 1.807) is 17.0 Å². The number of hydrogen-bond acceptors (Lipinski definition) is 4. The zero-order chi connectivity index (χ0) is 23.6. The lowest BCUT2D eigenvalue weighted by atomic mass is 9.73. The summed E-state index contributed by atoms with van der Waals surface area (Å²) >= 11 is 0. The van der Waals surface area contributed by atoms with Crippen LogP contribution >= 0.6 is 0 Å². The smallest absolute Gasteiger partial charge is 0.314 e. The van der Waals surface area contributed by atoms with Crippen LogP contribution in [0.5, 0.6) is 0 Å². The maximum absolute atomic E-state index is 13.0. The van der Waals surface area contributed by atoms with Gasteiger partial charge < -0.3 is 10.0 Å². The van der Waals surface area contributed by atoms with Crippen LogP contribution in [0, 0.1) is 5.92 Å². The van der Waals surface area contributed by atoms with Gasteiger partial charge in [0.05, 0.1) is 10.3 Å². The Bertz CT molecular complexity index is 1100. The number of carbonyl (C=O) groups excluding carboxylic acids is 1. The summed E-state index contributed by atoms with van der Waals surface area (Å²) in [4.78, 5) is 27.0. The quantitative estimate of drug-likeness (QED) is 0.723. The summed E-state index contributed by atoms with van der Waals surface area (Å²) in [5, 5.41) is 9.95. The number of likely N-dealkylation sites (tertiary alicyclic amines) is 1. The monoisotopic (exact) mass is 470 g/mol. The van der Waals surface area contributed by atoms with E-state index in [0.717, 1.165) is 18.4 Å². The minimum Gasteiger partial charge on any atom is -0.481 e. The first-order valence-corrected chi connectivity index (χ1v) is 12.9. The number of carbonyl (C=O) groups is 2. The minimum absolute atomic E-state index is 0.196. The SMILES string of the molecule is CC1CCN(S(=O)(=O)c2ccc(C(=O)N3CCC(C(=O)O)(c4ccccc4)CC3)cc2)CC1. The van der Waals surface area contributed by atoms with Crippen molar-refractivity contribution in [1.29, 1.82) is 0 Å². The number of rotatable bonds is 5. The molecule has 2 aliphatic rings. The van der Waals surface area contributed by atoms with E-state index < -0.39 is 21.4 Å². The zero-order valence-electron chi connectivity index (χ0n) is 18.8. The summed E-state index contributed by atoms with van der Waals surface area (Å²) in [5.74, 6) is -0.553. The van der Waals surface area contributed by atoms with E-state index in [4.69, 9.17) is 0 Å². The van der Waals surface area contributed by atoms with Crippen molar-refractivity contribution in [2.45, 2.75) is 42.9 Å². The molecule has 176 valence electrons. The van der Waals surface area contributed by atoms with Crippen LogP contribution in [0.1, 0.15) is 48.5 Å². The van der Waals surface area contributed by atoms with Crippen LogP contribution < -0.4 is 0 Å². The van der Waals surface area contributed by atoms with Gasteiger partial charge in [0, 0.05) is 31.7 Å². The lowest BCUT2D eigenvalue weighted by Gasteiger charge is -2.39. The molecule has 0 aliphatic carbocycles. The summed E-state index contributed by atoms with van der Waals surface area (Å²) in [7, 11) is -3.57. The number of sulfonamides is 1.